The van der Waals surface area contributed by atoms with Gasteiger partial charge >= 0.3 is 0 Å². The first-order valence-electron chi connectivity index (χ1n) is 3.05. The van der Waals surface area contributed by atoms with Crippen LogP contribution in [-0.4, -0.2) is 21.8 Å². The van der Waals surface area contributed by atoms with Crippen molar-refractivity contribution in [3.05, 3.63) is 10.6 Å². The lowest BCUT2D eigenvalue weighted by Gasteiger charge is -2.05. The summed E-state index contributed by atoms with van der Waals surface area (Å²) in [5.74, 6) is 4.72. The largest absolute Gasteiger partial charge is 0.390 e. The number of nitrogens with two attached hydrogens (primary N) is 1. The molecule has 0 amide bonds. The summed E-state index contributed by atoms with van der Waals surface area (Å²) in [6.45, 7) is 1.46. The van der Waals surface area contributed by atoms with Gasteiger partial charge in [0.1, 0.15) is 4.91 Å². The van der Waals surface area contributed by atoms with Gasteiger partial charge in [0.15, 0.2) is 6.29 Å². The van der Waals surface area contributed by atoms with Crippen LogP contribution in [0, 0.1) is 0 Å². The molecular formula is C5H11N3O3S. The Bertz CT molecular complexity index is 293. The summed E-state index contributed by atoms with van der Waals surface area (Å²) in [6.07, 6.45) is 0.223. The van der Waals surface area contributed by atoms with Crippen molar-refractivity contribution in [2.45, 2.75) is 6.92 Å². The van der Waals surface area contributed by atoms with Crippen LogP contribution in [0.5, 0.6) is 0 Å². The first-order chi connectivity index (χ1) is 5.49. The summed E-state index contributed by atoms with van der Waals surface area (Å²) < 4.78 is 21.9. The first kappa shape index (κ1) is 11.1. The number of carbonyl (C=O) groups excluding carboxylic acids is 1. The minimum Gasteiger partial charge on any atom is -0.390 e. The molecule has 0 rings (SSSR count). The molecule has 0 aromatic heterocycles. The summed E-state index contributed by atoms with van der Waals surface area (Å²) in [5.41, 5.74) is 0.239. The molecule has 6 nitrogen and oxygen atoms in total. The molecule has 4 N–H and O–H groups in total. The monoisotopic (exact) mass is 193 g/mol. The third-order valence-electron chi connectivity index (χ3n) is 1.30. The summed E-state index contributed by atoms with van der Waals surface area (Å²) in [7, 11) is -2.34. The van der Waals surface area contributed by atoms with E-state index in [2.05, 4.69) is 5.32 Å². The number of nitrogens with one attached hydrogen (secondary N) is 2. The Hall–Kier alpha value is -0.920. The van der Waals surface area contributed by atoms with Gasteiger partial charge < -0.3 is 5.32 Å². The lowest BCUT2D eigenvalue weighted by Crippen LogP contribution is -2.33. The van der Waals surface area contributed by atoms with E-state index in [1.807, 2.05) is 0 Å². The molecule has 0 unspecified atom stereocenters. The summed E-state index contributed by atoms with van der Waals surface area (Å²) >= 11 is 0. The highest BCUT2D eigenvalue weighted by Gasteiger charge is 2.17. The van der Waals surface area contributed by atoms with E-state index in [1.165, 1.54) is 14.0 Å². The average molecular weight is 193 g/mol. The van der Waals surface area contributed by atoms with E-state index in [1.54, 1.807) is 4.83 Å². The van der Waals surface area contributed by atoms with Crippen molar-refractivity contribution in [1.29, 1.82) is 0 Å². The maximum atomic E-state index is 11.0. The summed E-state index contributed by atoms with van der Waals surface area (Å²) in [6, 6.07) is 0. The molecule has 0 bridgehead atoms. The van der Waals surface area contributed by atoms with E-state index in [-0.39, 0.29) is 12.0 Å². The van der Waals surface area contributed by atoms with Crippen molar-refractivity contribution in [2.24, 2.45) is 5.84 Å². The number of sulfonamides is 1. The Balaban J connectivity index is 5.21. The Kier molecular flexibility index (Phi) is 3.87. The van der Waals surface area contributed by atoms with Crippen LogP contribution in [0.3, 0.4) is 0 Å². The number of allylic oxidation sites excluding steroid dienone is 2. The van der Waals surface area contributed by atoms with Crippen LogP contribution < -0.4 is 16.0 Å². The predicted molar refractivity (Wildman–Crippen MR) is 44.1 cm³/mol. The molecule has 0 heterocycles. The SMILES string of the molecule is CNC(C)=C(C=O)S(=O)(=O)NN. The van der Waals surface area contributed by atoms with Gasteiger partial charge in [-0.2, -0.15) is 0 Å². The smallest absolute Gasteiger partial charge is 0.258 e. The van der Waals surface area contributed by atoms with E-state index >= 15 is 0 Å². The van der Waals surface area contributed by atoms with Crippen molar-refractivity contribution in [3.8, 4) is 0 Å². The highest BCUT2D eigenvalue weighted by atomic mass is 32.2. The number of rotatable bonds is 4. The van der Waals surface area contributed by atoms with E-state index in [4.69, 9.17) is 5.84 Å². The molecule has 0 radical (unpaired) electrons. The average Bonchev–Trinajstić information content (AvgIpc) is 2.05. The molecule has 0 aliphatic heterocycles. The van der Waals surface area contributed by atoms with Crippen molar-refractivity contribution >= 4 is 16.3 Å². The minimum absolute atomic E-state index is 0.223. The zero-order valence-electron chi connectivity index (χ0n) is 6.79. The second-order valence-corrected chi connectivity index (χ2v) is 3.66. The van der Waals surface area contributed by atoms with Gasteiger partial charge in [0, 0.05) is 12.7 Å². The normalized spacial score (nSPS) is 13.6. The van der Waals surface area contributed by atoms with Gasteiger partial charge in [-0.3, -0.25) is 10.6 Å². The number of aldehydes is 1. The summed E-state index contributed by atoms with van der Waals surface area (Å²) in [5, 5.41) is 2.53. The number of carbonyl (C=O) groups is 1. The van der Waals surface area contributed by atoms with Crippen LogP contribution in [0.4, 0.5) is 0 Å². The maximum absolute atomic E-state index is 11.0. The lowest BCUT2D eigenvalue weighted by molar-refractivity contribution is -0.104. The van der Waals surface area contributed by atoms with Crippen LogP contribution in [0.1, 0.15) is 6.92 Å². The van der Waals surface area contributed by atoms with Crippen LogP contribution in [0.2, 0.25) is 0 Å². The van der Waals surface area contributed by atoms with Crippen LogP contribution in [0.25, 0.3) is 0 Å². The van der Waals surface area contributed by atoms with Crippen LogP contribution in [0.15, 0.2) is 10.6 Å². The van der Waals surface area contributed by atoms with Crippen molar-refractivity contribution < 1.29 is 13.2 Å². The number of hydrogen-bond acceptors (Lipinski definition) is 5. The molecule has 0 aromatic rings. The molecule has 7 heteroatoms. The fourth-order valence-corrected chi connectivity index (χ4v) is 1.30. The molecule has 0 saturated heterocycles. The highest BCUT2D eigenvalue weighted by Crippen LogP contribution is 2.03. The lowest BCUT2D eigenvalue weighted by atomic mass is 10.4. The molecule has 0 fully saturated rings. The predicted octanol–water partition coefficient (Wildman–Crippen LogP) is -1.57. The van der Waals surface area contributed by atoms with Gasteiger partial charge in [0.2, 0.25) is 0 Å². The second kappa shape index (κ2) is 4.19. The molecule has 0 aliphatic carbocycles. The standard InChI is InChI=1S/C5H11N3O3S/c1-4(7-2)5(3-9)12(10,11)8-6/h3,7-8H,6H2,1-2H3. The Labute approximate surface area is 70.8 Å². The third kappa shape index (κ3) is 2.29. The van der Waals surface area contributed by atoms with E-state index in [9.17, 15) is 13.2 Å². The Morgan fingerprint density at radius 3 is 2.25 bits per heavy atom. The summed E-state index contributed by atoms with van der Waals surface area (Å²) in [4.78, 5) is 11.5. The van der Waals surface area contributed by atoms with Gasteiger partial charge in [-0.25, -0.2) is 8.42 Å². The Morgan fingerprint density at radius 1 is 1.50 bits per heavy atom. The molecule has 0 spiro atoms. The molecule has 0 aliphatic rings. The number of hydrazine groups is 1. The molecule has 12 heavy (non-hydrogen) atoms. The molecular weight excluding hydrogens is 182 g/mol. The maximum Gasteiger partial charge on any atom is 0.258 e. The van der Waals surface area contributed by atoms with Crippen molar-refractivity contribution in [3.63, 3.8) is 0 Å². The highest BCUT2D eigenvalue weighted by molar-refractivity contribution is 7.94. The second-order valence-electron chi connectivity index (χ2n) is 1.98. The van der Waals surface area contributed by atoms with Gasteiger partial charge in [-0.15, -0.1) is 4.83 Å². The van der Waals surface area contributed by atoms with Gasteiger partial charge in [0.05, 0.1) is 0 Å². The molecule has 0 aromatic carbocycles. The van der Waals surface area contributed by atoms with Crippen LogP contribution in [-0.2, 0) is 14.8 Å². The van der Waals surface area contributed by atoms with Crippen LogP contribution >= 0.6 is 0 Å². The molecule has 70 valence electrons. The van der Waals surface area contributed by atoms with Crippen molar-refractivity contribution in [2.75, 3.05) is 7.05 Å². The van der Waals surface area contributed by atoms with Gasteiger partial charge in [-0.1, -0.05) is 0 Å². The molecule has 0 atom stereocenters. The van der Waals surface area contributed by atoms with E-state index in [0.717, 1.165) is 0 Å². The third-order valence-corrected chi connectivity index (χ3v) is 2.59. The van der Waals surface area contributed by atoms with E-state index < -0.39 is 14.9 Å². The number of hydrogen-bond donors (Lipinski definition) is 3. The van der Waals surface area contributed by atoms with Gasteiger partial charge in [0.25, 0.3) is 10.0 Å². The zero-order chi connectivity index (χ0) is 9.78. The fourth-order valence-electron chi connectivity index (χ4n) is 0.540. The van der Waals surface area contributed by atoms with Gasteiger partial charge in [-0.05, 0) is 6.92 Å². The first-order valence-corrected chi connectivity index (χ1v) is 4.54. The zero-order valence-corrected chi connectivity index (χ0v) is 7.60. The topological polar surface area (TPSA) is 101 Å². The minimum atomic E-state index is -3.84. The fraction of sp³-hybridized carbons (Fsp3) is 0.400. The van der Waals surface area contributed by atoms with E-state index in [0.29, 0.717) is 0 Å². The van der Waals surface area contributed by atoms with Crippen molar-refractivity contribution in [1.82, 2.24) is 10.1 Å². The molecule has 0 saturated carbocycles. The quantitative estimate of drug-likeness (QED) is 0.217. The Morgan fingerprint density at radius 2 is 2.00 bits per heavy atom.